The third-order valence-corrected chi connectivity index (χ3v) is 4.61. The van der Waals surface area contributed by atoms with E-state index < -0.39 is 0 Å². The highest BCUT2D eigenvalue weighted by atomic mass is 15.2. The maximum atomic E-state index is 4.82. The van der Waals surface area contributed by atoms with E-state index in [-0.39, 0.29) is 0 Å². The number of rotatable bonds is 4. The smallest absolute Gasteiger partial charge is 0.187 e. The van der Waals surface area contributed by atoms with E-state index in [1.54, 1.807) is 0 Å². The predicted molar refractivity (Wildman–Crippen MR) is 110 cm³/mol. The molecule has 134 valence electrons. The predicted octanol–water partition coefficient (Wildman–Crippen LogP) is 6.85. The highest BCUT2D eigenvalue weighted by Gasteiger charge is 2.14. The van der Waals surface area contributed by atoms with Gasteiger partial charge in [0.05, 0.1) is 5.69 Å². The lowest BCUT2D eigenvalue weighted by Gasteiger charge is -2.06. The molecule has 0 spiro atoms. The molecule has 0 fully saturated rings. The normalized spacial score (nSPS) is 11.7. The molecule has 4 aromatic rings. The van der Waals surface area contributed by atoms with Crippen molar-refractivity contribution in [3.8, 4) is 11.3 Å². The number of hydrogen-bond acceptors (Lipinski definition) is 3. The van der Waals surface area contributed by atoms with E-state index in [0.717, 1.165) is 34.0 Å². The molecule has 0 bridgehead atoms. The van der Waals surface area contributed by atoms with Crippen LogP contribution in [-0.4, -0.2) is 9.38 Å². The topological polar surface area (TPSA) is 42.0 Å². The van der Waals surface area contributed by atoms with Crippen LogP contribution in [-0.2, 0) is 0 Å². The number of pyridine rings is 1. The van der Waals surface area contributed by atoms with Gasteiger partial charge < -0.3 is 0 Å². The lowest BCUT2D eigenvalue weighted by Crippen LogP contribution is -1.87. The largest absolute Gasteiger partial charge is 0.282 e. The van der Waals surface area contributed by atoms with Gasteiger partial charge in [0.1, 0.15) is 11.3 Å². The Morgan fingerprint density at radius 1 is 0.852 bits per heavy atom. The summed E-state index contributed by atoms with van der Waals surface area (Å²) in [5.41, 5.74) is 6.04. The second-order valence-electron chi connectivity index (χ2n) is 7.03. The number of benzene rings is 2. The van der Waals surface area contributed by atoms with Gasteiger partial charge in [0, 0.05) is 11.8 Å². The van der Waals surface area contributed by atoms with Crippen LogP contribution in [0.25, 0.3) is 16.9 Å². The molecule has 0 radical (unpaired) electrons. The molecule has 0 aliphatic carbocycles. The second kappa shape index (κ2) is 7.16. The van der Waals surface area contributed by atoms with Gasteiger partial charge in [0.2, 0.25) is 0 Å². The number of aryl methyl sites for hydroxylation is 1. The van der Waals surface area contributed by atoms with Gasteiger partial charge in [-0.2, -0.15) is 0 Å². The van der Waals surface area contributed by atoms with Gasteiger partial charge in [0.15, 0.2) is 5.82 Å². The van der Waals surface area contributed by atoms with Crippen molar-refractivity contribution in [2.24, 2.45) is 10.2 Å². The molecule has 2 aromatic carbocycles. The zero-order valence-electron chi connectivity index (χ0n) is 15.8. The Labute approximate surface area is 159 Å². The fourth-order valence-corrected chi connectivity index (χ4v) is 3.05. The van der Waals surface area contributed by atoms with E-state index >= 15 is 0 Å². The number of azo groups is 1. The van der Waals surface area contributed by atoms with Crippen LogP contribution in [0.5, 0.6) is 0 Å². The Morgan fingerprint density at radius 2 is 1.59 bits per heavy atom. The third-order valence-electron chi connectivity index (χ3n) is 4.61. The first kappa shape index (κ1) is 17.2. The number of fused-ring (bicyclic) bond motifs is 1. The molecule has 0 aliphatic heterocycles. The summed E-state index contributed by atoms with van der Waals surface area (Å²) in [7, 11) is 0. The van der Waals surface area contributed by atoms with Crippen molar-refractivity contribution in [3.05, 3.63) is 84.1 Å². The monoisotopic (exact) mass is 354 g/mol. The minimum absolute atomic E-state index is 0.500. The maximum Gasteiger partial charge on any atom is 0.187 e. The first-order valence-corrected chi connectivity index (χ1v) is 9.17. The fraction of sp³-hybridized carbons (Fsp3) is 0.174. The summed E-state index contributed by atoms with van der Waals surface area (Å²) in [6.45, 7) is 6.46. The fourth-order valence-electron chi connectivity index (χ4n) is 3.05. The molecular weight excluding hydrogens is 332 g/mol. The molecule has 0 N–H and O–H groups in total. The molecule has 4 rings (SSSR count). The van der Waals surface area contributed by atoms with E-state index in [1.807, 2.05) is 47.0 Å². The average Bonchev–Trinajstić information content (AvgIpc) is 3.05. The number of nitrogens with zero attached hydrogens (tertiary/aromatic N) is 4. The van der Waals surface area contributed by atoms with Gasteiger partial charge in [-0.3, -0.25) is 4.40 Å². The van der Waals surface area contributed by atoms with Gasteiger partial charge in [-0.15, -0.1) is 10.2 Å². The van der Waals surface area contributed by atoms with Gasteiger partial charge in [-0.1, -0.05) is 62.4 Å². The zero-order chi connectivity index (χ0) is 18.8. The van der Waals surface area contributed by atoms with Crippen LogP contribution < -0.4 is 0 Å². The van der Waals surface area contributed by atoms with Crippen LogP contribution in [0.15, 0.2) is 83.2 Å². The van der Waals surface area contributed by atoms with Crippen LogP contribution in [0.1, 0.15) is 30.9 Å². The van der Waals surface area contributed by atoms with Crippen LogP contribution in [0, 0.1) is 6.92 Å². The Balaban J connectivity index is 1.85. The number of imidazole rings is 1. The lowest BCUT2D eigenvalue weighted by molar-refractivity contribution is 0.867. The number of hydrogen-bond donors (Lipinski definition) is 0. The molecule has 0 unspecified atom stereocenters. The molecule has 0 atom stereocenters. The van der Waals surface area contributed by atoms with Gasteiger partial charge in [-0.05, 0) is 42.2 Å². The molecule has 0 aliphatic rings. The Kier molecular flexibility index (Phi) is 4.55. The molecule has 4 nitrogen and oxygen atoms in total. The van der Waals surface area contributed by atoms with Crippen LogP contribution in [0.4, 0.5) is 11.5 Å². The third kappa shape index (κ3) is 3.51. The highest BCUT2D eigenvalue weighted by molar-refractivity contribution is 5.74. The molecule has 2 aromatic heterocycles. The summed E-state index contributed by atoms with van der Waals surface area (Å²) < 4.78 is 2.01. The van der Waals surface area contributed by atoms with E-state index in [1.165, 1.54) is 5.56 Å². The highest BCUT2D eigenvalue weighted by Crippen LogP contribution is 2.33. The zero-order valence-corrected chi connectivity index (χ0v) is 15.8. The molecule has 27 heavy (non-hydrogen) atoms. The Bertz CT molecular complexity index is 1090. The molecule has 2 heterocycles. The summed E-state index contributed by atoms with van der Waals surface area (Å²) in [4.78, 5) is 4.82. The Hall–Kier alpha value is -3.27. The summed E-state index contributed by atoms with van der Waals surface area (Å²) in [5, 5.41) is 8.99. The molecule has 0 saturated carbocycles. The van der Waals surface area contributed by atoms with E-state index in [9.17, 15) is 0 Å². The van der Waals surface area contributed by atoms with Crippen LogP contribution >= 0.6 is 0 Å². The average molecular weight is 354 g/mol. The quantitative estimate of drug-likeness (QED) is 0.370. The van der Waals surface area contributed by atoms with Crippen molar-refractivity contribution < 1.29 is 0 Å². The molecular formula is C23H22N4. The van der Waals surface area contributed by atoms with E-state index in [4.69, 9.17) is 4.98 Å². The minimum Gasteiger partial charge on any atom is -0.282 e. The molecule has 0 saturated heterocycles. The summed E-state index contributed by atoms with van der Waals surface area (Å²) in [5.74, 6) is 1.25. The van der Waals surface area contributed by atoms with Crippen molar-refractivity contribution in [2.45, 2.75) is 26.7 Å². The standard InChI is InChI=1S/C23H22N4/c1-16(2)18-10-12-19(13-11-18)22-23(26-25-20-7-5-4-6-8-20)27-15-17(3)9-14-21(27)24-22/h4-16H,1-3H3. The van der Waals surface area contributed by atoms with Crippen molar-refractivity contribution in [1.29, 1.82) is 0 Å². The number of aromatic nitrogens is 2. The summed E-state index contributed by atoms with van der Waals surface area (Å²) in [6, 6.07) is 22.4. The Morgan fingerprint density at radius 3 is 2.30 bits per heavy atom. The van der Waals surface area contributed by atoms with Crippen molar-refractivity contribution in [3.63, 3.8) is 0 Å². The van der Waals surface area contributed by atoms with Crippen LogP contribution in [0.3, 0.4) is 0 Å². The molecule has 0 amide bonds. The van der Waals surface area contributed by atoms with E-state index in [2.05, 4.69) is 61.3 Å². The first-order valence-electron chi connectivity index (χ1n) is 9.17. The van der Waals surface area contributed by atoms with Gasteiger partial charge >= 0.3 is 0 Å². The summed E-state index contributed by atoms with van der Waals surface area (Å²) >= 11 is 0. The second-order valence-corrected chi connectivity index (χ2v) is 7.03. The lowest BCUT2D eigenvalue weighted by atomic mass is 10.0. The van der Waals surface area contributed by atoms with Crippen molar-refractivity contribution in [1.82, 2.24) is 9.38 Å². The summed E-state index contributed by atoms with van der Waals surface area (Å²) in [6.07, 6.45) is 2.05. The van der Waals surface area contributed by atoms with Gasteiger partial charge in [0.25, 0.3) is 0 Å². The van der Waals surface area contributed by atoms with Crippen molar-refractivity contribution in [2.75, 3.05) is 0 Å². The SMILES string of the molecule is Cc1ccc2nc(-c3ccc(C(C)C)cc3)c(N=Nc3ccccc3)n2c1. The maximum absolute atomic E-state index is 4.82. The molecule has 4 heteroatoms. The first-order chi connectivity index (χ1) is 13.1. The van der Waals surface area contributed by atoms with Crippen LogP contribution in [0.2, 0.25) is 0 Å². The minimum atomic E-state index is 0.500. The van der Waals surface area contributed by atoms with Crippen molar-refractivity contribution >= 4 is 17.2 Å². The van der Waals surface area contributed by atoms with E-state index in [0.29, 0.717) is 5.92 Å². The van der Waals surface area contributed by atoms with Gasteiger partial charge in [-0.25, -0.2) is 4.98 Å².